The molecular formula is C21H31N3O4. The summed E-state index contributed by atoms with van der Waals surface area (Å²) in [5, 5.41) is 7.99. The normalized spacial score (nSPS) is 14.5. The van der Waals surface area contributed by atoms with Gasteiger partial charge in [0, 0.05) is 5.56 Å². The third-order valence-corrected chi connectivity index (χ3v) is 4.37. The molecule has 0 saturated heterocycles. The van der Waals surface area contributed by atoms with E-state index in [4.69, 9.17) is 0 Å². The van der Waals surface area contributed by atoms with Gasteiger partial charge in [-0.05, 0) is 30.4 Å². The van der Waals surface area contributed by atoms with Crippen LogP contribution in [0.15, 0.2) is 30.3 Å². The van der Waals surface area contributed by atoms with Crippen LogP contribution in [0.2, 0.25) is 0 Å². The number of amides is 3. The van der Waals surface area contributed by atoms with Crippen molar-refractivity contribution in [3.05, 3.63) is 35.9 Å². The maximum atomic E-state index is 12.8. The van der Waals surface area contributed by atoms with Gasteiger partial charge in [0.1, 0.15) is 18.4 Å². The summed E-state index contributed by atoms with van der Waals surface area (Å²) in [7, 11) is 0. The van der Waals surface area contributed by atoms with Gasteiger partial charge in [-0.25, -0.2) is 0 Å². The van der Waals surface area contributed by atoms with E-state index >= 15 is 0 Å². The maximum absolute atomic E-state index is 12.8. The Morgan fingerprint density at radius 2 is 1.46 bits per heavy atom. The Balaban J connectivity index is 2.83. The number of carbonyl (C=O) groups is 4. The van der Waals surface area contributed by atoms with Crippen LogP contribution in [0.5, 0.6) is 0 Å². The molecule has 28 heavy (non-hydrogen) atoms. The lowest BCUT2D eigenvalue weighted by molar-refractivity contribution is -0.131. The van der Waals surface area contributed by atoms with Gasteiger partial charge < -0.3 is 20.7 Å². The zero-order valence-electron chi connectivity index (χ0n) is 17.4. The second-order valence-corrected chi connectivity index (χ2v) is 8.28. The molecular weight excluding hydrogens is 358 g/mol. The Morgan fingerprint density at radius 1 is 0.893 bits per heavy atom. The molecule has 3 amide bonds. The average molecular weight is 389 g/mol. The Morgan fingerprint density at radius 3 is 1.93 bits per heavy atom. The minimum atomic E-state index is -0.854. The van der Waals surface area contributed by atoms with Gasteiger partial charge in [0.2, 0.25) is 11.8 Å². The van der Waals surface area contributed by atoms with Crippen molar-refractivity contribution in [3.63, 3.8) is 0 Å². The van der Waals surface area contributed by atoms with Crippen molar-refractivity contribution in [2.75, 3.05) is 0 Å². The summed E-state index contributed by atoms with van der Waals surface area (Å²) >= 11 is 0. The topological polar surface area (TPSA) is 104 Å². The summed E-state index contributed by atoms with van der Waals surface area (Å²) in [6, 6.07) is 6.28. The molecule has 1 aromatic rings. The molecule has 3 N–H and O–H groups in total. The summed E-state index contributed by atoms with van der Waals surface area (Å²) in [6.07, 6.45) is 0.676. The smallest absolute Gasteiger partial charge is 0.251 e. The minimum Gasteiger partial charge on any atom is -0.345 e. The fourth-order valence-electron chi connectivity index (χ4n) is 2.49. The van der Waals surface area contributed by atoms with Crippen LogP contribution < -0.4 is 16.0 Å². The molecule has 0 saturated carbocycles. The number of hydrogen-bond acceptors (Lipinski definition) is 4. The Labute approximate surface area is 166 Å². The van der Waals surface area contributed by atoms with E-state index in [0.717, 1.165) is 0 Å². The first-order chi connectivity index (χ1) is 13.0. The highest BCUT2D eigenvalue weighted by atomic mass is 16.2. The van der Waals surface area contributed by atoms with Crippen LogP contribution in [-0.4, -0.2) is 42.1 Å². The van der Waals surface area contributed by atoms with Crippen LogP contribution in [0, 0.1) is 11.3 Å². The van der Waals surface area contributed by atoms with Crippen LogP contribution in [0.4, 0.5) is 0 Å². The molecule has 0 spiro atoms. The van der Waals surface area contributed by atoms with Gasteiger partial charge in [0.25, 0.3) is 5.91 Å². The molecule has 3 atom stereocenters. The molecule has 0 bridgehead atoms. The van der Waals surface area contributed by atoms with Crippen molar-refractivity contribution in [1.82, 2.24) is 16.0 Å². The molecule has 1 rings (SSSR count). The van der Waals surface area contributed by atoms with Crippen molar-refractivity contribution in [1.29, 1.82) is 0 Å². The van der Waals surface area contributed by atoms with E-state index in [1.807, 2.05) is 34.6 Å². The molecule has 0 aliphatic rings. The van der Waals surface area contributed by atoms with Crippen molar-refractivity contribution in [3.8, 4) is 0 Å². The van der Waals surface area contributed by atoms with E-state index in [1.54, 1.807) is 30.3 Å². The van der Waals surface area contributed by atoms with Gasteiger partial charge >= 0.3 is 0 Å². The molecule has 7 heteroatoms. The molecule has 7 nitrogen and oxygen atoms in total. The van der Waals surface area contributed by atoms with Crippen LogP contribution >= 0.6 is 0 Å². The molecule has 0 aliphatic heterocycles. The largest absolute Gasteiger partial charge is 0.345 e. The average Bonchev–Trinajstić information content (AvgIpc) is 2.62. The second kappa shape index (κ2) is 10.0. The van der Waals surface area contributed by atoms with Crippen molar-refractivity contribution >= 4 is 24.0 Å². The predicted octanol–water partition coefficient (Wildman–Crippen LogP) is 1.68. The lowest BCUT2D eigenvalue weighted by Gasteiger charge is -2.31. The summed E-state index contributed by atoms with van der Waals surface area (Å²) in [6.45, 7) is 10.7. The number of aldehydes is 1. The first kappa shape index (κ1) is 23.3. The van der Waals surface area contributed by atoms with E-state index < -0.39 is 35.4 Å². The van der Waals surface area contributed by atoms with Crippen molar-refractivity contribution in [2.24, 2.45) is 11.3 Å². The first-order valence-electron chi connectivity index (χ1n) is 9.39. The second-order valence-electron chi connectivity index (χ2n) is 8.28. The molecule has 3 unspecified atom stereocenters. The van der Waals surface area contributed by atoms with Gasteiger partial charge in [-0.15, -0.1) is 0 Å². The number of nitrogens with one attached hydrogen (secondary N) is 3. The van der Waals surface area contributed by atoms with E-state index in [1.165, 1.54) is 6.92 Å². The zero-order chi connectivity index (χ0) is 21.5. The summed E-state index contributed by atoms with van der Waals surface area (Å²) in [5.74, 6) is -1.35. The molecule has 1 aromatic carbocycles. The van der Waals surface area contributed by atoms with Crippen LogP contribution in [-0.2, 0) is 14.4 Å². The summed E-state index contributed by atoms with van der Waals surface area (Å²) in [5.41, 5.74) is -0.130. The lowest BCUT2D eigenvalue weighted by atomic mass is 9.85. The lowest BCUT2D eigenvalue weighted by Crippen LogP contribution is -2.58. The number of carbonyl (C=O) groups excluding carboxylic acids is 4. The van der Waals surface area contributed by atoms with E-state index in [9.17, 15) is 19.2 Å². The van der Waals surface area contributed by atoms with Crippen molar-refractivity contribution in [2.45, 2.75) is 59.7 Å². The quantitative estimate of drug-likeness (QED) is 0.588. The number of rotatable bonds is 8. The third-order valence-electron chi connectivity index (χ3n) is 4.37. The zero-order valence-corrected chi connectivity index (χ0v) is 17.4. The Hall–Kier alpha value is -2.70. The van der Waals surface area contributed by atoms with Gasteiger partial charge in [-0.2, -0.15) is 0 Å². The van der Waals surface area contributed by atoms with Crippen LogP contribution in [0.1, 0.15) is 51.9 Å². The Bertz CT molecular complexity index is 695. The highest BCUT2D eigenvalue weighted by Crippen LogP contribution is 2.20. The molecule has 0 radical (unpaired) electrons. The van der Waals surface area contributed by atoms with E-state index in [-0.39, 0.29) is 11.8 Å². The van der Waals surface area contributed by atoms with Crippen molar-refractivity contribution < 1.29 is 19.2 Å². The molecule has 0 fully saturated rings. The van der Waals surface area contributed by atoms with Gasteiger partial charge in [-0.3, -0.25) is 14.4 Å². The fraction of sp³-hybridized carbons (Fsp3) is 0.524. The molecule has 0 aromatic heterocycles. The summed E-state index contributed by atoms with van der Waals surface area (Å²) in [4.78, 5) is 48.6. The predicted molar refractivity (Wildman–Crippen MR) is 108 cm³/mol. The SMILES string of the molecule is CC(NC(=O)C(NC(=O)c1ccccc1)C(C)(C)C)C(=O)NC(C=O)C(C)C. The number of benzene rings is 1. The highest BCUT2D eigenvalue weighted by Gasteiger charge is 2.34. The third kappa shape index (κ3) is 6.79. The molecule has 0 heterocycles. The van der Waals surface area contributed by atoms with E-state index in [0.29, 0.717) is 11.8 Å². The standard InChI is InChI=1S/C21H31N3O4/c1-13(2)16(12-25)23-18(26)14(3)22-20(28)17(21(4,5)6)24-19(27)15-10-8-7-9-11-15/h7-14,16-17H,1-6H3,(H,22,28)(H,23,26)(H,24,27). The first-order valence-corrected chi connectivity index (χ1v) is 9.39. The number of hydrogen-bond donors (Lipinski definition) is 3. The van der Waals surface area contributed by atoms with Crippen LogP contribution in [0.25, 0.3) is 0 Å². The molecule has 0 aliphatic carbocycles. The monoisotopic (exact) mass is 389 g/mol. The van der Waals surface area contributed by atoms with Crippen LogP contribution in [0.3, 0.4) is 0 Å². The Kier molecular flexibility index (Phi) is 8.35. The van der Waals surface area contributed by atoms with Gasteiger partial charge in [0.15, 0.2) is 0 Å². The molecule has 154 valence electrons. The van der Waals surface area contributed by atoms with E-state index in [2.05, 4.69) is 16.0 Å². The minimum absolute atomic E-state index is 0.0585. The summed E-state index contributed by atoms with van der Waals surface area (Å²) < 4.78 is 0. The maximum Gasteiger partial charge on any atom is 0.251 e. The highest BCUT2D eigenvalue weighted by molar-refractivity contribution is 5.98. The fourth-order valence-corrected chi connectivity index (χ4v) is 2.49. The van der Waals surface area contributed by atoms with Gasteiger partial charge in [-0.1, -0.05) is 52.8 Å². The van der Waals surface area contributed by atoms with Gasteiger partial charge in [0.05, 0.1) is 6.04 Å².